The Balaban J connectivity index is 1.40. The third kappa shape index (κ3) is 4.30. The average molecular weight is 561 g/mol. The van der Waals surface area contributed by atoms with Crippen molar-refractivity contribution in [2.24, 2.45) is 46.3 Å². The molecule has 7 heteroatoms. The number of carbonyl (C=O) groups is 3. The zero-order valence-corrected chi connectivity index (χ0v) is 26.0. The first-order valence-electron chi connectivity index (χ1n) is 15.8. The molecule has 5 aliphatic rings. The zero-order chi connectivity index (χ0) is 29.5. The van der Waals surface area contributed by atoms with E-state index in [0.29, 0.717) is 29.5 Å². The van der Waals surface area contributed by atoms with E-state index in [9.17, 15) is 19.5 Å². The number of aliphatic hydroxyl groups is 1. The van der Waals surface area contributed by atoms with Crippen LogP contribution in [0.4, 0.5) is 0 Å². The Morgan fingerprint density at radius 2 is 1.70 bits per heavy atom. The first-order valence-corrected chi connectivity index (χ1v) is 15.8. The molecule has 1 spiro atoms. The van der Waals surface area contributed by atoms with Crippen molar-refractivity contribution < 1.29 is 33.7 Å². The molecule has 1 N–H and O–H groups in total. The fourth-order valence-corrected chi connectivity index (χ4v) is 10.8. The normalized spacial score (nSPS) is 45.8. The largest absolute Gasteiger partial charge is 0.463 e. The molecule has 0 unspecified atom stereocenters. The van der Waals surface area contributed by atoms with Crippen molar-refractivity contribution in [1.82, 2.24) is 0 Å². The smallest absolute Gasteiger partial charge is 0.303 e. The number of esters is 2. The Bertz CT molecular complexity index is 1050. The molecule has 0 bridgehead atoms. The first-order chi connectivity index (χ1) is 18.5. The molecule has 1 heterocycles. The summed E-state index contributed by atoms with van der Waals surface area (Å²) in [5.41, 5.74) is -2.06. The highest BCUT2D eigenvalue weighted by atomic mass is 16.7. The van der Waals surface area contributed by atoms with Crippen molar-refractivity contribution in [3.8, 4) is 0 Å². The minimum absolute atomic E-state index is 0.0157. The number of hydrogen-bond acceptors (Lipinski definition) is 7. The molecule has 5 rings (SSSR count). The van der Waals surface area contributed by atoms with Crippen molar-refractivity contribution in [3.05, 3.63) is 0 Å². The Hall–Kier alpha value is -1.47. The van der Waals surface area contributed by atoms with Gasteiger partial charge in [-0.15, -0.1) is 0 Å². The van der Waals surface area contributed by atoms with Gasteiger partial charge in [-0.2, -0.15) is 0 Å². The lowest BCUT2D eigenvalue weighted by molar-refractivity contribution is -0.163. The van der Waals surface area contributed by atoms with Crippen LogP contribution in [0.2, 0.25) is 0 Å². The van der Waals surface area contributed by atoms with Gasteiger partial charge in [-0.1, -0.05) is 27.7 Å². The van der Waals surface area contributed by atoms with Crippen LogP contribution in [0.25, 0.3) is 0 Å². The van der Waals surface area contributed by atoms with E-state index in [4.69, 9.17) is 14.2 Å². The number of fused-ring (bicyclic) bond motifs is 6. The van der Waals surface area contributed by atoms with Gasteiger partial charge in [0.15, 0.2) is 0 Å². The summed E-state index contributed by atoms with van der Waals surface area (Å²) in [5, 5.41) is 11.3. The van der Waals surface area contributed by atoms with E-state index in [2.05, 4.69) is 20.8 Å². The quantitative estimate of drug-likeness (QED) is 0.317. The van der Waals surface area contributed by atoms with Gasteiger partial charge in [0.2, 0.25) is 0 Å². The molecule has 0 amide bonds. The standard InChI is InChI=1S/C33H52O7/c1-19(20(2)31(7,37)18-38-21(3)34)28(39-22(4)35)32(8)33(40-32)16-13-27-25-10-9-23-17-24(36)11-14-29(23,5)26(25)12-15-30(27,33)6/h19-20,23,25-28,37H,9-18H2,1-8H3/t19-,20-,23-,25+,26-,27-,28+,29-,30-,31+,32-,33-/m0/s1. The van der Waals surface area contributed by atoms with E-state index in [0.717, 1.165) is 44.9 Å². The number of epoxide rings is 1. The van der Waals surface area contributed by atoms with Gasteiger partial charge in [-0.05, 0) is 93.8 Å². The van der Waals surface area contributed by atoms with Gasteiger partial charge < -0.3 is 19.3 Å². The highest BCUT2D eigenvalue weighted by molar-refractivity contribution is 5.79. The predicted molar refractivity (Wildman–Crippen MR) is 150 cm³/mol. The molecule has 7 nitrogen and oxygen atoms in total. The summed E-state index contributed by atoms with van der Waals surface area (Å²) in [4.78, 5) is 36.2. The third-order valence-electron chi connectivity index (χ3n) is 13.4. The molecule has 40 heavy (non-hydrogen) atoms. The van der Waals surface area contributed by atoms with Crippen molar-refractivity contribution in [3.63, 3.8) is 0 Å². The van der Waals surface area contributed by atoms with Crippen LogP contribution in [0.5, 0.6) is 0 Å². The molecule has 0 radical (unpaired) electrons. The average Bonchev–Trinajstić information content (AvgIpc) is 3.39. The first kappa shape index (κ1) is 30.0. The Morgan fingerprint density at radius 3 is 2.35 bits per heavy atom. The highest BCUT2D eigenvalue weighted by Gasteiger charge is 2.83. The molecule has 12 atom stereocenters. The molecule has 0 aromatic rings. The van der Waals surface area contributed by atoms with Crippen molar-refractivity contribution in [2.45, 2.75) is 136 Å². The molecule has 1 aliphatic heterocycles. The third-order valence-corrected chi connectivity index (χ3v) is 13.4. The Labute approximate surface area is 240 Å². The maximum Gasteiger partial charge on any atom is 0.303 e. The minimum Gasteiger partial charge on any atom is -0.463 e. The number of ether oxygens (including phenoxy) is 3. The predicted octanol–water partition coefficient (Wildman–Crippen LogP) is 5.64. The molecular formula is C33H52O7. The molecule has 1 saturated heterocycles. The molecule has 4 aliphatic carbocycles. The minimum atomic E-state index is -1.28. The maximum absolute atomic E-state index is 12.4. The summed E-state index contributed by atoms with van der Waals surface area (Å²) in [6.45, 7) is 15.3. The zero-order valence-electron chi connectivity index (χ0n) is 26.0. The van der Waals surface area contributed by atoms with Gasteiger partial charge >= 0.3 is 11.9 Å². The summed E-state index contributed by atoms with van der Waals surface area (Å²) in [5.74, 6) is 1.52. The number of ketones is 1. The van der Waals surface area contributed by atoms with Crippen LogP contribution in [0.15, 0.2) is 0 Å². The van der Waals surface area contributed by atoms with E-state index in [1.165, 1.54) is 26.7 Å². The van der Waals surface area contributed by atoms with E-state index in [-0.39, 0.29) is 40.8 Å². The molecule has 226 valence electrons. The van der Waals surface area contributed by atoms with Gasteiger partial charge in [0, 0.05) is 38.0 Å². The summed E-state index contributed by atoms with van der Waals surface area (Å²) < 4.78 is 18.2. The SMILES string of the molecule is CC(=O)OC[C@@](C)(O)[C@@H](C)[C@H](C)[C@@H](OC(C)=O)[C@]1(C)O[C@]12CC[C@H]1[C@@H]3CC[C@H]4CC(=O)CC[C@]4(C)[C@H]3CC[C@@]12C. The van der Waals surface area contributed by atoms with Gasteiger partial charge in [0.05, 0.1) is 5.60 Å². The van der Waals surface area contributed by atoms with Gasteiger partial charge in [0.1, 0.15) is 29.7 Å². The molecule has 4 saturated carbocycles. The van der Waals surface area contributed by atoms with Gasteiger partial charge in [0.25, 0.3) is 0 Å². The fourth-order valence-electron chi connectivity index (χ4n) is 10.8. The molecular weight excluding hydrogens is 508 g/mol. The summed E-state index contributed by atoms with van der Waals surface area (Å²) in [7, 11) is 0. The monoisotopic (exact) mass is 560 g/mol. The Morgan fingerprint density at radius 1 is 1.02 bits per heavy atom. The number of carbonyl (C=O) groups excluding carboxylic acids is 3. The second-order valence-electron chi connectivity index (χ2n) is 15.2. The Kier molecular flexibility index (Phi) is 7.34. The van der Waals surface area contributed by atoms with Crippen LogP contribution in [0, 0.1) is 46.3 Å². The topological polar surface area (TPSA) is 102 Å². The summed E-state index contributed by atoms with van der Waals surface area (Å²) >= 11 is 0. The molecule has 0 aromatic heterocycles. The lowest BCUT2D eigenvalue weighted by Crippen LogP contribution is -2.57. The van der Waals surface area contributed by atoms with Crippen LogP contribution >= 0.6 is 0 Å². The van der Waals surface area contributed by atoms with E-state index in [1.807, 2.05) is 13.8 Å². The second-order valence-corrected chi connectivity index (χ2v) is 15.2. The lowest BCUT2D eigenvalue weighted by Gasteiger charge is -2.60. The highest BCUT2D eigenvalue weighted by Crippen LogP contribution is 2.77. The van der Waals surface area contributed by atoms with E-state index >= 15 is 0 Å². The molecule has 5 fully saturated rings. The van der Waals surface area contributed by atoms with E-state index in [1.54, 1.807) is 6.92 Å². The van der Waals surface area contributed by atoms with Crippen LogP contribution < -0.4 is 0 Å². The lowest BCUT2D eigenvalue weighted by atomic mass is 9.44. The maximum atomic E-state index is 12.4. The van der Waals surface area contributed by atoms with Crippen LogP contribution in [0.1, 0.15) is 113 Å². The second kappa shape index (κ2) is 9.79. The van der Waals surface area contributed by atoms with E-state index < -0.39 is 23.3 Å². The number of hydrogen-bond donors (Lipinski definition) is 1. The van der Waals surface area contributed by atoms with Crippen LogP contribution in [-0.4, -0.2) is 52.3 Å². The molecule has 0 aromatic carbocycles. The van der Waals surface area contributed by atoms with Crippen LogP contribution in [0.3, 0.4) is 0 Å². The van der Waals surface area contributed by atoms with Gasteiger partial charge in [-0.3, -0.25) is 14.4 Å². The van der Waals surface area contributed by atoms with Crippen LogP contribution in [-0.2, 0) is 28.6 Å². The van der Waals surface area contributed by atoms with Crippen molar-refractivity contribution in [2.75, 3.05) is 6.61 Å². The number of rotatable bonds is 7. The fraction of sp³-hybridized carbons (Fsp3) is 0.909. The van der Waals surface area contributed by atoms with Crippen molar-refractivity contribution in [1.29, 1.82) is 0 Å². The number of Topliss-reactive ketones (excluding diaryl/α,β-unsaturated/α-hetero) is 1. The van der Waals surface area contributed by atoms with Gasteiger partial charge in [-0.25, -0.2) is 0 Å². The summed E-state index contributed by atoms with van der Waals surface area (Å²) in [6.07, 6.45) is 8.70. The van der Waals surface area contributed by atoms with Crippen molar-refractivity contribution >= 4 is 17.7 Å². The summed E-state index contributed by atoms with van der Waals surface area (Å²) in [6, 6.07) is 0.